The molecule has 2 aliphatic heterocycles. The highest BCUT2D eigenvalue weighted by Crippen LogP contribution is 2.64. The fourth-order valence-electron chi connectivity index (χ4n) is 6.96. The molecule has 198 valence electrons. The number of carbonyl (C=O) groups excluding carboxylic acids is 2. The molecule has 2 heterocycles. The number of rotatable bonds is 7. The molecule has 4 fully saturated rings. The number of nitrogen functional groups attached to an aromatic ring is 1. The minimum absolute atomic E-state index is 0.00979. The Morgan fingerprint density at radius 1 is 0.921 bits per heavy atom. The molecule has 0 aromatic heterocycles. The first-order valence-electron chi connectivity index (χ1n) is 13.0. The summed E-state index contributed by atoms with van der Waals surface area (Å²) >= 11 is 0. The molecule has 8 heteroatoms. The van der Waals surface area contributed by atoms with E-state index in [4.69, 9.17) is 5.73 Å². The van der Waals surface area contributed by atoms with Gasteiger partial charge in [0.15, 0.2) is 0 Å². The second kappa shape index (κ2) is 9.11. The van der Waals surface area contributed by atoms with Gasteiger partial charge in [0.05, 0.1) is 16.8 Å². The summed E-state index contributed by atoms with van der Waals surface area (Å²) < 4.78 is 0. The fourth-order valence-corrected chi connectivity index (χ4v) is 6.96. The molecule has 6 atom stereocenters. The molecular weight excluding hydrogens is 480 g/mol. The average Bonchev–Trinajstić information content (AvgIpc) is 3.56. The lowest BCUT2D eigenvalue weighted by Crippen LogP contribution is -2.33. The number of nitro benzene ring substituents is 1. The van der Waals surface area contributed by atoms with E-state index >= 15 is 0 Å². The Balaban J connectivity index is 0.000000156. The second-order valence-electron chi connectivity index (χ2n) is 11.2. The van der Waals surface area contributed by atoms with Gasteiger partial charge in [-0.1, -0.05) is 50.3 Å². The van der Waals surface area contributed by atoms with E-state index in [1.54, 1.807) is 29.2 Å². The van der Waals surface area contributed by atoms with Crippen LogP contribution in [-0.2, 0) is 20.4 Å². The first-order chi connectivity index (χ1) is 18.1. The molecular formula is C30H34N4O4. The maximum Gasteiger partial charge on any atom is 0.269 e. The molecule has 2 aliphatic carbocycles. The highest BCUT2D eigenvalue weighted by molar-refractivity contribution is 5.89. The third kappa shape index (κ3) is 3.81. The summed E-state index contributed by atoms with van der Waals surface area (Å²) in [5.41, 5.74) is 8.53. The Hall–Kier alpha value is -3.94. The topological polar surface area (TPSA) is 110 Å². The summed E-state index contributed by atoms with van der Waals surface area (Å²) in [6.07, 6.45) is 3.52. The van der Waals surface area contributed by atoms with Gasteiger partial charge in [-0.3, -0.25) is 19.7 Å². The zero-order valence-electron chi connectivity index (χ0n) is 21.9. The van der Waals surface area contributed by atoms with Gasteiger partial charge < -0.3 is 15.5 Å². The number of nitrogens with two attached hydrogens (primary N) is 1. The van der Waals surface area contributed by atoms with Gasteiger partial charge in [0.1, 0.15) is 0 Å². The number of non-ortho nitro benzene ring substituents is 1. The van der Waals surface area contributed by atoms with Crippen molar-refractivity contribution in [2.75, 3.05) is 31.9 Å². The smallest absolute Gasteiger partial charge is 0.269 e. The van der Waals surface area contributed by atoms with Crippen molar-refractivity contribution in [3.8, 4) is 0 Å². The fraction of sp³-hybridized carbons (Fsp3) is 0.400. The standard InChI is InChI=1S/C15H16N2O3.C15H18N2O/c1-3-7-16-9-12-13(14(16)18)15(12,2)10-5-4-6-11(8-10)17(19)20;1-3-7-17-9-12-13(14(17)18)15(12,2)10-5-4-6-11(16)8-10/h3-6,8,12-13H,1,7,9H2,2H3;3-6,8,12-13H,1,7,9,16H2,2H3. The predicted molar refractivity (Wildman–Crippen MR) is 146 cm³/mol. The summed E-state index contributed by atoms with van der Waals surface area (Å²) in [6, 6.07) is 14.6. The number of fused-ring (bicyclic) bond motifs is 2. The van der Waals surface area contributed by atoms with Gasteiger partial charge in [-0.25, -0.2) is 0 Å². The lowest BCUT2D eigenvalue weighted by molar-refractivity contribution is -0.384. The largest absolute Gasteiger partial charge is 0.399 e. The summed E-state index contributed by atoms with van der Waals surface area (Å²) in [7, 11) is 0. The minimum Gasteiger partial charge on any atom is -0.399 e. The maximum absolute atomic E-state index is 12.3. The van der Waals surface area contributed by atoms with Crippen molar-refractivity contribution >= 4 is 23.2 Å². The Labute approximate surface area is 222 Å². The summed E-state index contributed by atoms with van der Waals surface area (Å²) in [6.45, 7) is 14.4. The predicted octanol–water partition coefficient (Wildman–Crippen LogP) is 3.93. The van der Waals surface area contributed by atoms with E-state index in [9.17, 15) is 19.7 Å². The molecule has 2 saturated carbocycles. The van der Waals surface area contributed by atoms with Gasteiger partial charge in [0.25, 0.3) is 5.69 Å². The van der Waals surface area contributed by atoms with Gasteiger partial charge in [0, 0.05) is 54.8 Å². The molecule has 2 aromatic carbocycles. The van der Waals surface area contributed by atoms with E-state index in [1.165, 1.54) is 11.6 Å². The Bertz CT molecular complexity index is 1340. The highest BCUT2D eigenvalue weighted by Gasteiger charge is 2.71. The van der Waals surface area contributed by atoms with Gasteiger partial charge in [0.2, 0.25) is 11.8 Å². The molecule has 4 aliphatic rings. The molecule has 6 unspecified atom stereocenters. The number of hydrogen-bond acceptors (Lipinski definition) is 5. The SMILES string of the molecule is C=CCN1CC2C(C1=O)C2(C)c1cccc(N)c1.C=CCN1CC2C(C1=O)C2(C)c1cccc([N+](=O)[O-])c1. The van der Waals surface area contributed by atoms with E-state index in [0.717, 1.165) is 17.8 Å². The first-order valence-corrected chi connectivity index (χ1v) is 13.0. The van der Waals surface area contributed by atoms with E-state index in [0.29, 0.717) is 25.6 Å². The van der Waals surface area contributed by atoms with Crippen LogP contribution in [0.3, 0.4) is 0 Å². The van der Waals surface area contributed by atoms with Crippen LogP contribution < -0.4 is 5.73 Å². The van der Waals surface area contributed by atoms with Crippen LogP contribution in [0.4, 0.5) is 11.4 Å². The van der Waals surface area contributed by atoms with Gasteiger partial charge >= 0.3 is 0 Å². The molecule has 2 aromatic rings. The van der Waals surface area contributed by atoms with Crippen LogP contribution in [0.5, 0.6) is 0 Å². The number of likely N-dealkylation sites (tertiary alicyclic amines) is 2. The molecule has 2 saturated heterocycles. The number of piperidine rings is 2. The van der Waals surface area contributed by atoms with E-state index in [1.807, 2.05) is 36.1 Å². The molecule has 0 radical (unpaired) electrons. The number of nitro groups is 1. The molecule has 8 nitrogen and oxygen atoms in total. The molecule has 2 N–H and O–H groups in total. The Kier molecular flexibility index (Phi) is 6.16. The summed E-state index contributed by atoms with van der Waals surface area (Å²) in [5.74, 6) is 1.21. The first kappa shape index (κ1) is 25.7. The average molecular weight is 515 g/mol. The van der Waals surface area contributed by atoms with Crippen LogP contribution in [0.1, 0.15) is 25.0 Å². The highest BCUT2D eigenvalue weighted by atomic mass is 16.6. The number of anilines is 1. The van der Waals surface area contributed by atoms with Crippen molar-refractivity contribution < 1.29 is 14.5 Å². The quantitative estimate of drug-likeness (QED) is 0.261. The summed E-state index contributed by atoms with van der Waals surface area (Å²) in [5, 5.41) is 10.9. The van der Waals surface area contributed by atoms with Crippen molar-refractivity contribution in [2.45, 2.75) is 24.7 Å². The molecule has 2 amide bonds. The number of carbonyl (C=O) groups is 2. The number of amides is 2. The van der Waals surface area contributed by atoms with Gasteiger partial charge in [-0.05, 0) is 35.1 Å². The zero-order chi connectivity index (χ0) is 27.4. The van der Waals surface area contributed by atoms with Crippen LogP contribution in [0, 0.1) is 33.8 Å². The van der Waals surface area contributed by atoms with Crippen molar-refractivity contribution in [1.82, 2.24) is 9.80 Å². The second-order valence-corrected chi connectivity index (χ2v) is 11.2. The molecule has 0 spiro atoms. The lowest BCUT2D eigenvalue weighted by atomic mass is 9.92. The lowest BCUT2D eigenvalue weighted by Gasteiger charge is -2.23. The Morgan fingerprint density at radius 2 is 1.39 bits per heavy atom. The molecule has 6 rings (SSSR count). The van der Waals surface area contributed by atoms with Crippen LogP contribution in [0.25, 0.3) is 0 Å². The monoisotopic (exact) mass is 514 g/mol. The Morgan fingerprint density at radius 3 is 1.79 bits per heavy atom. The van der Waals surface area contributed by atoms with Gasteiger partial charge in [-0.15, -0.1) is 13.2 Å². The van der Waals surface area contributed by atoms with Gasteiger partial charge in [-0.2, -0.15) is 0 Å². The van der Waals surface area contributed by atoms with Crippen molar-refractivity contribution in [3.63, 3.8) is 0 Å². The number of nitrogens with zero attached hydrogens (tertiary/aromatic N) is 3. The van der Waals surface area contributed by atoms with E-state index < -0.39 is 4.92 Å². The van der Waals surface area contributed by atoms with Crippen molar-refractivity contribution in [2.24, 2.45) is 23.7 Å². The van der Waals surface area contributed by atoms with Crippen LogP contribution in [0.2, 0.25) is 0 Å². The number of hydrogen-bond donors (Lipinski definition) is 1. The van der Waals surface area contributed by atoms with E-state index in [-0.39, 0.29) is 46.1 Å². The maximum atomic E-state index is 12.3. The zero-order valence-corrected chi connectivity index (χ0v) is 21.9. The van der Waals surface area contributed by atoms with Crippen LogP contribution in [-0.4, -0.2) is 52.7 Å². The normalized spacial score (nSPS) is 32.2. The van der Waals surface area contributed by atoms with Crippen molar-refractivity contribution in [1.29, 1.82) is 0 Å². The third-order valence-corrected chi connectivity index (χ3v) is 9.30. The van der Waals surface area contributed by atoms with Crippen molar-refractivity contribution in [3.05, 3.63) is 95.1 Å². The van der Waals surface area contributed by atoms with Crippen LogP contribution >= 0.6 is 0 Å². The van der Waals surface area contributed by atoms with Crippen LogP contribution in [0.15, 0.2) is 73.8 Å². The molecule has 0 bridgehead atoms. The minimum atomic E-state index is -0.392. The van der Waals surface area contributed by atoms with E-state index in [2.05, 4.69) is 26.1 Å². The number of benzene rings is 2. The molecule has 38 heavy (non-hydrogen) atoms. The third-order valence-electron chi connectivity index (χ3n) is 9.30. The summed E-state index contributed by atoms with van der Waals surface area (Å²) in [4.78, 5) is 38.7.